The molecule has 0 aliphatic carbocycles. The van der Waals surface area contributed by atoms with Gasteiger partial charge in [0.1, 0.15) is 0 Å². The summed E-state index contributed by atoms with van der Waals surface area (Å²) in [6.45, 7) is 3.76. The average molecular weight is 233 g/mol. The van der Waals surface area contributed by atoms with Gasteiger partial charge in [0.05, 0.1) is 12.2 Å². The smallest absolute Gasteiger partial charge is 1.00 e. The third-order valence-corrected chi connectivity index (χ3v) is 3.92. The minimum absolute atomic E-state index is 0. The summed E-state index contributed by atoms with van der Waals surface area (Å²) in [5, 5.41) is 13.6. The Bertz CT molecular complexity index is 399. The number of hydrogen-bond acceptors (Lipinski definition) is 5. The molecule has 0 saturated carbocycles. The maximum absolute atomic E-state index is 10.8. The summed E-state index contributed by atoms with van der Waals surface area (Å²) in [7, 11) is 0. The Morgan fingerprint density at radius 3 is 2.75 bits per heavy atom. The van der Waals surface area contributed by atoms with Crippen LogP contribution >= 0.6 is 11.3 Å². The molecule has 16 heavy (non-hydrogen) atoms. The molecule has 1 aromatic heterocycles. The fourth-order valence-electron chi connectivity index (χ4n) is 2.14. The van der Waals surface area contributed by atoms with Crippen molar-refractivity contribution in [1.29, 1.82) is 0 Å². The number of fused-ring (bicyclic) bond motifs is 2. The first-order valence-electron chi connectivity index (χ1n) is 4.96. The first-order chi connectivity index (χ1) is 7.24. The largest absolute Gasteiger partial charge is 1.00 e. The van der Waals surface area contributed by atoms with Crippen LogP contribution in [0.15, 0.2) is 0 Å². The molecule has 3 rings (SSSR count). The van der Waals surface area contributed by atoms with Gasteiger partial charge in [-0.3, -0.25) is 0 Å². The number of nitrogens with zero attached hydrogens (tertiary/aromatic N) is 3. The average Bonchev–Trinajstić information content (AvgIpc) is 2.77. The van der Waals surface area contributed by atoms with Crippen LogP contribution in [-0.4, -0.2) is 39.2 Å². The summed E-state index contributed by atoms with van der Waals surface area (Å²) in [5.74, 6) is -0.912. The van der Waals surface area contributed by atoms with Crippen molar-refractivity contribution in [3.63, 3.8) is 0 Å². The molecule has 0 unspecified atom stereocenters. The van der Waals surface area contributed by atoms with Crippen molar-refractivity contribution < 1.29 is 30.2 Å². The van der Waals surface area contributed by atoms with Crippen molar-refractivity contribution >= 4 is 17.3 Å². The molecule has 1 aromatic rings. The van der Waals surface area contributed by atoms with Crippen LogP contribution < -0.4 is 18.9 Å². The van der Waals surface area contributed by atoms with Gasteiger partial charge in [-0.15, -0.1) is 11.3 Å². The number of hydrogen-bond donors (Lipinski definition) is 1. The second-order valence-corrected chi connectivity index (χ2v) is 4.91. The van der Waals surface area contributed by atoms with E-state index in [2.05, 4.69) is 15.0 Å². The minimum Gasteiger partial charge on any atom is -1.00 e. The van der Waals surface area contributed by atoms with Crippen LogP contribution in [-0.2, 0) is 13.1 Å². The fourth-order valence-corrected chi connectivity index (χ4v) is 3.06. The van der Waals surface area contributed by atoms with Gasteiger partial charge >= 0.3 is 24.8 Å². The quantitative estimate of drug-likeness (QED) is 0.563. The van der Waals surface area contributed by atoms with E-state index < -0.39 is 5.97 Å². The summed E-state index contributed by atoms with van der Waals surface area (Å²) in [4.78, 5) is 16.1. The number of aromatic nitrogens is 1. The van der Waals surface area contributed by atoms with Crippen molar-refractivity contribution in [2.24, 2.45) is 0 Å². The molecule has 2 aliphatic rings. The Hall–Kier alpha value is -0.383. The van der Waals surface area contributed by atoms with Gasteiger partial charge in [-0.05, 0) is 6.42 Å². The number of rotatable bonds is 1. The predicted octanol–water partition coefficient (Wildman–Crippen LogP) is -2.11. The molecule has 0 radical (unpaired) electrons. The number of carboxylic acid groups (broad SMARTS) is 1. The summed E-state index contributed by atoms with van der Waals surface area (Å²) in [6, 6.07) is 0. The van der Waals surface area contributed by atoms with Gasteiger partial charge in [0.15, 0.2) is 0 Å². The maximum atomic E-state index is 10.8. The molecule has 0 bridgehead atoms. The van der Waals surface area contributed by atoms with Gasteiger partial charge in [0.25, 0.3) is 0 Å². The number of aromatic carboxylic acids is 1. The summed E-state index contributed by atoms with van der Waals surface area (Å²) >= 11 is 1.31. The number of thiazole rings is 1. The van der Waals surface area contributed by atoms with E-state index in [9.17, 15) is 4.79 Å². The Kier molecular flexibility index (Phi) is 3.38. The number of carbonyl (C=O) groups is 1. The number of hydrazine groups is 1. The van der Waals surface area contributed by atoms with Gasteiger partial charge < -0.3 is 6.53 Å². The molecule has 7 heteroatoms. The number of carboxylic acids is 1. The zero-order valence-electron chi connectivity index (χ0n) is 10.1. The fraction of sp³-hybridized carbons (Fsp3) is 0.556. The van der Waals surface area contributed by atoms with Crippen LogP contribution in [0.4, 0.5) is 0 Å². The molecule has 0 atom stereocenters. The van der Waals surface area contributed by atoms with E-state index in [1.54, 1.807) is 0 Å². The van der Waals surface area contributed by atoms with E-state index in [0.717, 1.165) is 36.8 Å². The molecule has 0 aromatic carbocycles. The predicted molar refractivity (Wildman–Crippen MR) is 55.6 cm³/mol. The van der Waals surface area contributed by atoms with Crippen molar-refractivity contribution in [2.45, 2.75) is 19.5 Å². The zero-order valence-corrected chi connectivity index (χ0v) is 9.96. The SMILES string of the molecule is O=C(O)c1nc2c(s1)CN1CCCN1C2.[H-].[Li+]. The van der Waals surface area contributed by atoms with Crippen LogP contribution in [0, 0.1) is 0 Å². The van der Waals surface area contributed by atoms with Gasteiger partial charge in [-0.2, -0.15) is 0 Å². The second-order valence-electron chi connectivity index (χ2n) is 3.82. The van der Waals surface area contributed by atoms with Crippen molar-refractivity contribution in [1.82, 2.24) is 15.0 Å². The normalized spacial score (nSPS) is 20.0. The third kappa shape index (κ3) is 1.92. The molecular weight excluding hydrogens is 221 g/mol. The zero-order chi connectivity index (χ0) is 10.4. The van der Waals surface area contributed by atoms with E-state index in [-0.39, 0.29) is 25.3 Å². The third-order valence-electron chi connectivity index (χ3n) is 2.85. The van der Waals surface area contributed by atoms with Crippen LogP contribution in [0.1, 0.15) is 28.2 Å². The molecule has 2 aliphatic heterocycles. The molecule has 0 amide bonds. The summed E-state index contributed by atoms with van der Waals surface area (Å²) in [5.41, 5.74) is 0.954. The Morgan fingerprint density at radius 2 is 2.06 bits per heavy atom. The molecule has 82 valence electrons. The monoisotopic (exact) mass is 233 g/mol. The van der Waals surface area contributed by atoms with Gasteiger partial charge in [0.2, 0.25) is 5.01 Å². The van der Waals surface area contributed by atoms with E-state index in [4.69, 9.17) is 5.11 Å². The van der Waals surface area contributed by atoms with Gasteiger partial charge in [-0.25, -0.2) is 19.8 Å². The first-order valence-corrected chi connectivity index (χ1v) is 5.77. The molecular formula is C9H12LiN3O2S. The standard InChI is InChI=1S/C9H11N3O2S.Li.H/c13-9(14)8-10-6-4-11-2-1-3-12(11)5-7(6)15-8;;/h1-5H2,(H,13,14);;/q;+1;-1. The summed E-state index contributed by atoms with van der Waals surface area (Å²) in [6.07, 6.45) is 1.20. The van der Waals surface area contributed by atoms with E-state index in [1.165, 1.54) is 17.8 Å². The minimum atomic E-state index is -0.912. The van der Waals surface area contributed by atoms with E-state index >= 15 is 0 Å². The Labute approximate surface area is 111 Å². The van der Waals surface area contributed by atoms with Crippen molar-refractivity contribution in [3.05, 3.63) is 15.6 Å². The van der Waals surface area contributed by atoms with Crippen LogP contribution in [0.25, 0.3) is 0 Å². The van der Waals surface area contributed by atoms with Crippen LogP contribution in [0.2, 0.25) is 0 Å². The topological polar surface area (TPSA) is 56.7 Å². The van der Waals surface area contributed by atoms with Gasteiger partial charge in [0, 0.05) is 24.5 Å². The van der Waals surface area contributed by atoms with E-state index in [0.29, 0.717) is 0 Å². The molecule has 1 saturated heterocycles. The van der Waals surface area contributed by atoms with Crippen molar-refractivity contribution in [3.8, 4) is 0 Å². The van der Waals surface area contributed by atoms with Gasteiger partial charge in [-0.1, -0.05) is 0 Å². The Morgan fingerprint density at radius 1 is 1.38 bits per heavy atom. The van der Waals surface area contributed by atoms with E-state index in [1.807, 2.05) is 0 Å². The molecule has 1 fully saturated rings. The first kappa shape index (κ1) is 12.1. The second kappa shape index (κ2) is 4.47. The van der Waals surface area contributed by atoms with Crippen molar-refractivity contribution in [2.75, 3.05) is 13.1 Å². The molecule has 5 nitrogen and oxygen atoms in total. The van der Waals surface area contributed by atoms with Crippen LogP contribution in [0.3, 0.4) is 0 Å². The maximum Gasteiger partial charge on any atom is 1.00 e. The molecule has 0 spiro atoms. The Balaban J connectivity index is 0.000000722. The molecule has 3 heterocycles. The van der Waals surface area contributed by atoms with Crippen LogP contribution in [0.5, 0.6) is 0 Å². The molecule has 1 N–H and O–H groups in total. The summed E-state index contributed by atoms with van der Waals surface area (Å²) < 4.78 is 0.